The van der Waals surface area contributed by atoms with Gasteiger partial charge in [-0.3, -0.25) is 9.59 Å². The normalized spacial score (nSPS) is 19.9. The molecule has 142 valence electrons. The second-order valence-corrected chi connectivity index (χ2v) is 8.37. The molecule has 2 aromatic heterocycles. The number of aryl methyl sites for hydroxylation is 1. The Balaban J connectivity index is 1.60. The third-order valence-electron chi connectivity index (χ3n) is 5.74. The van der Waals surface area contributed by atoms with Crippen LogP contribution in [0, 0.1) is 6.92 Å². The number of amides is 2. The van der Waals surface area contributed by atoms with Crippen molar-refractivity contribution in [2.24, 2.45) is 0 Å². The first-order valence-corrected chi connectivity index (χ1v) is 10.1. The number of fused-ring (bicyclic) bond motifs is 5. The van der Waals surface area contributed by atoms with Crippen molar-refractivity contribution in [3.63, 3.8) is 0 Å². The lowest BCUT2D eigenvalue weighted by molar-refractivity contribution is -0.125. The lowest BCUT2D eigenvalue weighted by Crippen LogP contribution is -2.43. The summed E-state index contributed by atoms with van der Waals surface area (Å²) in [5.41, 5.74) is 3.06. The molecule has 8 heteroatoms. The number of rotatable bonds is 1. The Bertz CT molecular complexity index is 1320. The van der Waals surface area contributed by atoms with E-state index in [-0.39, 0.29) is 18.2 Å². The van der Waals surface area contributed by atoms with Crippen LogP contribution in [0.25, 0.3) is 15.3 Å². The number of nitrogens with one attached hydrogen (secondary N) is 2. The number of thiazole rings is 1. The number of carbonyl (C=O) groups is 2. The van der Waals surface area contributed by atoms with Gasteiger partial charge in [-0.2, -0.15) is 9.78 Å². The summed E-state index contributed by atoms with van der Waals surface area (Å²) < 4.78 is 2.66. The van der Waals surface area contributed by atoms with E-state index in [1.807, 2.05) is 49.4 Å². The molecule has 7 nitrogen and oxygen atoms in total. The molecule has 2 aromatic carbocycles. The Morgan fingerprint density at radius 2 is 1.93 bits per heavy atom. The number of benzene rings is 2. The highest BCUT2D eigenvalue weighted by molar-refractivity contribution is 7.20. The quantitative estimate of drug-likeness (QED) is 0.512. The number of anilines is 2. The van der Waals surface area contributed by atoms with Crippen molar-refractivity contribution >= 4 is 44.9 Å². The minimum Gasteiger partial charge on any atom is -0.324 e. The van der Waals surface area contributed by atoms with Gasteiger partial charge in [-0.25, -0.2) is 4.98 Å². The highest BCUT2D eigenvalue weighted by Crippen LogP contribution is 2.51. The first kappa shape index (κ1) is 16.4. The van der Waals surface area contributed by atoms with Gasteiger partial charge < -0.3 is 10.6 Å². The summed E-state index contributed by atoms with van der Waals surface area (Å²) in [7, 11) is 0. The number of aromatic nitrogens is 3. The standard InChI is InChI=1S/C21H15N5O2S/c1-11-5-4-6-12-17(11)25-19(28)21(12)9-16(27)24-18-13(21)10-22-26(18)20-23-14-7-2-3-8-15(14)29-20/h2-8,10H,9H2,1H3,(H,24,27)(H,25,28). The van der Waals surface area contributed by atoms with Gasteiger partial charge in [0.15, 0.2) is 0 Å². The van der Waals surface area contributed by atoms with Gasteiger partial charge in [0.1, 0.15) is 11.2 Å². The van der Waals surface area contributed by atoms with Gasteiger partial charge in [0, 0.05) is 17.7 Å². The molecule has 4 heterocycles. The Hall–Kier alpha value is -3.52. The number of hydrogen-bond acceptors (Lipinski definition) is 5. The van der Waals surface area contributed by atoms with E-state index in [1.165, 1.54) is 11.3 Å². The molecule has 29 heavy (non-hydrogen) atoms. The average molecular weight is 401 g/mol. The molecular weight excluding hydrogens is 386 g/mol. The predicted molar refractivity (Wildman–Crippen MR) is 111 cm³/mol. The van der Waals surface area contributed by atoms with Crippen LogP contribution >= 0.6 is 11.3 Å². The van der Waals surface area contributed by atoms with E-state index in [9.17, 15) is 9.59 Å². The Kier molecular flexibility index (Phi) is 3.12. The molecule has 0 fully saturated rings. The molecule has 0 saturated carbocycles. The van der Waals surface area contributed by atoms with Crippen molar-refractivity contribution in [2.75, 3.05) is 10.6 Å². The van der Waals surface area contributed by atoms with Crippen LogP contribution in [0.3, 0.4) is 0 Å². The van der Waals surface area contributed by atoms with E-state index in [0.717, 1.165) is 27.0 Å². The fourth-order valence-corrected chi connectivity index (χ4v) is 5.29. The van der Waals surface area contributed by atoms with Crippen molar-refractivity contribution in [3.05, 3.63) is 65.4 Å². The van der Waals surface area contributed by atoms with Crippen LogP contribution in [0.15, 0.2) is 48.7 Å². The monoisotopic (exact) mass is 401 g/mol. The first-order chi connectivity index (χ1) is 14.1. The SMILES string of the molecule is Cc1cccc2c1NC(=O)C21CC(=O)Nc2c1cnn2-c1nc2ccccc2s1. The summed E-state index contributed by atoms with van der Waals surface area (Å²) in [4.78, 5) is 30.6. The fraction of sp³-hybridized carbons (Fsp3) is 0.143. The molecule has 0 radical (unpaired) electrons. The van der Waals surface area contributed by atoms with Crippen LogP contribution in [0.4, 0.5) is 11.5 Å². The van der Waals surface area contributed by atoms with Gasteiger partial charge in [0.05, 0.1) is 16.4 Å². The van der Waals surface area contributed by atoms with Gasteiger partial charge >= 0.3 is 0 Å². The van der Waals surface area contributed by atoms with Crippen molar-refractivity contribution in [1.29, 1.82) is 0 Å². The maximum atomic E-state index is 13.2. The van der Waals surface area contributed by atoms with Crippen LogP contribution in [0.2, 0.25) is 0 Å². The summed E-state index contributed by atoms with van der Waals surface area (Å²) in [5, 5.41) is 11.1. The minimum absolute atomic E-state index is 0.0494. The first-order valence-electron chi connectivity index (χ1n) is 9.24. The van der Waals surface area contributed by atoms with Gasteiger partial charge in [0.25, 0.3) is 0 Å². The third kappa shape index (κ3) is 2.06. The molecule has 2 amide bonds. The Morgan fingerprint density at radius 3 is 2.79 bits per heavy atom. The molecule has 1 unspecified atom stereocenters. The van der Waals surface area contributed by atoms with Crippen LogP contribution < -0.4 is 10.6 Å². The van der Waals surface area contributed by atoms with Crippen LogP contribution in [0.5, 0.6) is 0 Å². The third-order valence-corrected chi connectivity index (χ3v) is 6.75. The topological polar surface area (TPSA) is 88.9 Å². The van der Waals surface area contributed by atoms with Crippen LogP contribution in [-0.4, -0.2) is 26.6 Å². The van der Waals surface area contributed by atoms with Crippen molar-refractivity contribution < 1.29 is 9.59 Å². The highest BCUT2D eigenvalue weighted by atomic mass is 32.1. The van der Waals surface area contributed by atoms with E-state index in [2.05, 4.69) is 20.7 Å². The largest absolute Gasteiger partial charge is 0.324 e. The molecule has 0 bridgehead atoms. The molecule has 2 N–H and O–H groups in total. The minimum atomic E-state index is -1.08. The van der Waals surface area contributed by atoms with E-state index < -0.39 is 5.41 Å². The Labute approximate surface area is 169 Å². The number of hydrogen-bond donors (Lipinski definition) is 2. The molecule has 4 aromatic rings. The maximum absolute atomic E-state index is 13.2. The molecule has 2 aliphatic heterocycles. The molecule has 0 aliphatic carbocycles. The fourth-order valence-electron chi connectivity index (χ4n) is 4.36. The predicted octanol–water partition coefficient (Wildman–Crippen LogP) is 3.37. The molecule has 0 saturated heterocycles. The van der Waals surface area contributed by atoms with E-state index in [1.54, 1.807) is 10.9 Å². The lowest BCUT2D eigenvalue weighted by Gasteiger charge is -2.31. The van der Waals surface area contributed by atoms with Crippen molar-refractivity contribution in [1.82, 2.24) is 14.8 Å². The summed E-state index contributed by atoms with van der Waals surface area (Å²) in [5.74, 6) is 0.0939. The second kappa shape index (κ2) is 5.51. The maximum Gasteiger partial charge on any atom is 0.240 e. The average Bonchev–Trinajstić information content (AvgIpc) is 3.38. The zero-order chi connectivity index (χ0) is 19.8. The molecule has 6 rings (SSSR count). The number of carbonyl (C=O) groups excluding carboxylic acids is 2. The smallest absolute Gasteiger partial charge is 0.240 e. The van der Waals surface area contributed by atoms with Crippen LogP contribution in [-0.2, 0) is 15.0 Å². The van der Waals surface area contributed by atoms with Gasteiger partial charge in [-0.05, 0) is 30.2 Å². The lowest BCUT2D eigenvalue weighted by atomic mass is 9.71. The summed E-state index contributed by atoms with van der Waals surface area (Å²) in [6, 6.07) is 13.6. The van der Waals surface area contributed by atoms with Gasteiger partial charge in [0.2, 0.25) is 16.9 Å². The van der Waals surface area contributed by atoms with E-state index >= 15 is 0 Å². The van der Waals surface area contributed by atoms with Gasteiger partial charge in [-0.1, -0.05) is 41.7 Å². The van der Waals surface area contributed by atoms with Crippen molar-refractivity contribution in [2.45, 2.75) is 18.8 Å². The van der Waals surface area contributed by atoms with Crippen LogP contribution in [0.1, 0.15) is 23.1 Å². The zero-order valence-electron chi connectivity index (χ0n) is 15.4. The molecule has 2 aliphatic rings. The molecule has 1 atom stereocenters. The van der Waals surface area contributed by atoms with E-state index in [0.29, 0.717) is 16.5 Å². The van der Waals surface area contributed by atoms with E-state index in [4.69, 9.17) is 0 Å². The van der Waals surface area contributed by atoms with Crippen molar-refractivity contribution in [3.8, 4) is 5.13 Å². The molecular formula is C21H15N5O2S. The number of nitrogens with zero attached hydrogens (tertiary/aromatic N) is 3. The molecule has 1 spiro atoms. The highest BCUT2D eigenvalue weighted by Gasteiger charge is 2.54. The second-order valence-electron chi connectivity index (χ2n) is 7.36. The summed E-state index contributed by atoms with van der Waals surface area (Å²) in [6.07, 6.45) is 1.73. The summed E-state index contributed by atoms with van der Waals surface area (Å²) in [6.45, 7) is 1.95. The number of para-hydroxylation sites is 2. The Morgan fingerprint density at radius 1 is 1.07 bits per heavy atom. The zero-order valence-corrected chi connectivity index (χ0v) is 16.2. The van der Waals surface area contributed by atoms with Gasteiger partial charge in [-0.15, -0.1) is 0 Å². The summed E-state index contributed by atoms with van der Waals surface area (Å²) >= 11 is 1.49.